The highest BCUT2D eigenvalue weighted by Gasteiger charge is 2.64. The topological polar surface area (TPSA) is 61.8 Å². The highest BCUT2D eigenvalue weighted by atomic mass is 16.6. The minimum Gasteiger partial charge on any atom is -0.462 e. The van der Waals surface area contributed by atoms with E-state index >= 15 is 0 Å². The smallest absolute Gasteiger partial charge is 0.302 e. The fourth-order valence-electron chi connectivity index (χ4n) is 8.69. The highest BCUT2D eigenvalue weighted by Crippen LogP contribution is 2.67. The minimum atomic E-state index is -0.160. The van der Waals surface area contributed by atoms with Gasteiger partial charge in [0.2, 0.25) is 0 Å². The van der Waals surface area contributed by atoms with E-state index in [9.17, 15) is 9.59 Å². The van der Waals surface area contributed by atoms with Crippen LogP contribution in [0.3, 0.4) is 0 Å². The van der Waals surface area contributed by atoms with E-state index < -0.39 is 0 Å². The lowest BCUT2D eigenvalue weighted by Gasteiger charge is -2.58. The van der Waals surface area contributed by atoms with Crippen molar-refractivity contribution in [3.8, 4) is 0 Å². The van der Waals surface area contributed by atoms with E-state index in [4.69, 9.17) is 14.2 Å². The molecule has 31 heavy (non-hydrogen) atoms. The van der Waals surface area contributed by atoms with Gasteiger partial charge < -0.3 is 14.2 Å². The van der Waals surface area contributed by atoms with Crippen LogP contribution in [0.1, 0.15) is 79.1 Å². The number of esters is 2. The summed E-state index contributed by atoms with van der Waals surface area (Å²) in [5.41, 5.74) is 1.94. The molecule has 0 bridgehead atoms. The van der Waals surface area contributed by atoms with Crippen molar-refractivity contribution in [1.29, 1.82) is 0 Å². The van der Waals surface area contributed by atoms with Crippen LogP contribution in [0.15, 0.2) is 11.6 Å². The van der Waals surface area contributed by atoms with Crippen LogP contribution in [0, 0.1) is 34.5 Å². The molecule has 4 fully saturated rings. The normalized spacial score (nSPS) is 48.4. The second-order valence-electron chi connectivity index (χ2n) is 11.4. The first kappa shape index (κ1) is 21.5. The van der Waals surface area contributed by atoms with Crippen molar-refractivity contribution in [3.05, 3.63) is 11.6 Å². The van der Waals surface area contributed by atoms with Crippen molar-refractivity contribution in [3.63, 3.8) is 0 Å². The Balaban J connectivity index is 1.40. The molecule has 5 nitrogen and oxygen atoms in total. The third-order valence-corrected chi connectivity index (χ3v) is 9.93. The maximum Gasteiger partial charge on any atom is 0.302 e. The van der Waals surface area contributed by atoms with Crippen molar-refractivity contribution >= 4 is 11.9 Å². The zero-order chi connectivity index (χ0) is 22.0. The molecule has 0 spiro atoms. The molecule has 0 aromatic heterocycles. The van der Waals surface area contributed by atoms with Crippen LogP contribution in [0.2, 0.25) is 0 Å². The van der Waals surface area contributed by atoms with Crippen LogP contribution >= 0.6 is 0 Å². The van der Waals surface area contributed by atoms with Gasteiger partial charge in [0.15, 0.2) is 0 Å². The van der Waals surface area contributed by atoms with E-state index in [-0.39, 0.29) is 41.1 Å². The van der Waals surface area contributed by atoms with E-state index in [2.05, 4.69) is 19.9 Å². The van der Waals surface area contributed by atoms with Gasteiger partial charge in [-0.25, -0.2) is 0 Å². The zero-order valence-electron chi connectivity index (χ0n) is 19.5. The first-order valence-corrected chi connectivity index (χ1v) is 12.4. The lowest BCUT2D eigenvalue weighted by Crippen LogP contribution is -2.53. The summed E-state index contributed by atoms with van der Waals surface area (Å²) >= 11 is 0. The van der Waals surface area contributed by atoms with Crippen molar-refractivity contribution in [2.45, 2.75) is 97.4 Å². The van der Waals surface area contributed by atoms with Crippen LogP contribution < -0.4 is 0 Å². The van der Waals surface area contributed by atoms with Gasteiger partial charge in [0.1, 0.15) is 12.2 Å². The average Bonchev–Trinajstić information content (AvgIpc) is 3.01. The van der Waals surface area contributed by atoms with Gasteiger partial charge in [-0.3, -0.25) is 9.59 Å². The predicted octanol–water partition coefficient (Wildman–Crippen LogP) is 4.83. The first-order valence-electron chi connectivity index (χ1n) is 12.4. The predicted molar refractivity (Wildman–Crippen MR) is 116 cm³/mol. The van der Waals surface area contributed by atoms with Gasteiger partial charge in [-0.15, -0.1) is 0 Å². The number of hydrogen-bond donors (Lipinski definition) is 0. The molecule has 1 heterocycles. The first-order chi connectivity index (χ1) is 14.7. The molecule has 0 amide bonds. The molecule has 1 saturated heterocycles. The van der Waals surface area contributed by atoms with Crippen LogP contribution in [0.4, 0.5) is 0 Å². The van der Waals surface area contributed by atoms with Crippen molar-refractivity contribution in [2.75, 3.05) is 6.61 Å². The van der Waals surface area contributed by atoms with Crippen LogP contribution in [0.5, 0.6) is 0 Å². The average molecular weight is 431 g/mol. The summed E-state index contributed by atoms with van der Waals surface area (Å²) in [6.07, 6.45) is 11.3. The minimum absolute atomic E-state index is 0.00671. The number of carbonyl (C=O) groups excluding carboxylic acids is 2. The number of carbonyl (C=O) groups is 2. The van der Waals surface area contributed by atoms with E-state index in [1.807, 2.05) is 0 Å². The van der Waals surface area contributed by atoms with Gasteiger partial charge in [0.25, 0.3) is 0 Å². The lowest BCUT2D eigenvalue weighted by molar-refractivity contribution is -0.170. The van der Waals surface area contributed by atoms with Gasteiger partial charge in [-0.2, -0.15) is 0 Å². The number of allylic oxidation sites excluding steroid dienone is 1. The third kappa shape index (κ3) is 3.37. The van der Waals surface area contributed by atoms with Crippen molar-refractivity contribution < 1.29 is 23.8 Å². The van der Waals surface area contributed by atoms with Gasteiger partial charge in [0, 0.05) is 32.6 Å². The van der Waals surface area contributed by atoms with Crippen LogP contribution in [-0.4, -0.2) is 36.9 Å². The monoisotopic (exact) mass is 430 g/mol. The molecule has 9 atom stereocenters. The Labute approximate surface area is 186 Å². The Bertz CT molecular complexity index is 789. The molecular formula is C26H38O5. The molecule has 1 aliphatic heterocycles. The Morgan fingerprint density at radius 3 is 2.55 bits per heavy atom. The molecule has 8 unspecified atom stereocenters. The lowest BCUT2D eigenvalue weighted by atomic mass is 9.47. The molecule has 4 aliphatic carbocycles. The third-order valence-electron chi connectivity index (χ3n) is 9.93. The Hall–Kier alpha value is -1.36. The Kier molecular flexibility index (Phi) is 5.27. The van der Waals surface area contributed by atoms with Gasteiger partial charge >= 0.3 is 11.9 Å². The summed E-state index contributed by atoms with van der Waals surface area (Å²) in [6, 6.07) is 0. The fraction of sp³-hybridized carbons (Fsp3) is 0.846. The summed E-state index contributed by atoms with van der Waals surface area (Å²) in [5, 5.41) is 0. The van der Waals surface area contributed by atoms with Gasteiger partial charge in [-0.05, 0) is 67.1 Å². The van der Waals surface area contributed by atoms with Crippen LogP contribution in [0.25, 0.3) is 0 Å². The standard InChI is InChI=1S/C26H38O5/c1-15(27)30-18-7-10-25(3)17(13-18)5-6-19-20(25)8-11-26(4)21(19)14-23-24(26)22(9-12-29-23)31-16(2)28/h5,18-24H,6-14H2,1-4H3/t18?,19?,20?,21?,22-,23?,24?,25?,26?/m1/s1. The molecule has 0 aromatic carbocycles. The molecule has 5 heteroatoms. The summed E-state index contributed by atoms with van der Waals surface area (Å²) in [7, 11) is 0. The number of hydrogen-bond acceptors (Lipinski definition) is 5. The van der Waals surface area contributed by atoms with Crippen molar-refractivity contribution in [1.82, 2.24) is 0 Å². The molecular weight excluding hydrogens is 392 g/mol. The molecule has 3 saturated carbocycles. The Morgan fingerprint density at radius 1 is 1.03 bits per heavy atom. The SMILES string of the molecule is CC(=O)OC1CCC2(C)C(=CCC3C2CCC2(C)C3CC3OCC[C@@H](OC(C)=O)C32)C1. The number of ether oxygens (including phenoxy) is 3. The van der Waals surface area contributed by atoms with E-state index in [1.54, 1.807) is 0 Å². The summed E-state index contributed by atoms with van der Waals surface area (Å²) < 4.78 is 17.7. The molecule has 172 valence electrons. The molecule has 5 rings (SSSR count). The second kappa shape index (κ2) is 7.60. The van der Waals surface area contributed by atoms with Gasteiger partial charge in [-0.1, -0.05) is 25.5 Å². The maximum absolute atomic E-state index is 11.8. The molecule has 0 aromatic rings. The van der Waals surface area contributed by atoms with Crippen molar-refractivity contribution in [2.24, 2.45) is 34.5 Å². The molecule has 0 radical (unpaired) electrons. The maximum atomic E-state index is 11.8. The van der Waals surface area contributed by atoms with E-state index in [0.717, 1.165) is 38.5 Å². The summed E-state index contributed by atoms with van der Waals surface area (Å²) in [6.45, 7) is 8.70. The van der Waals surface area contributed by atoms with E-state index in [0.29, 0.717) is 30.3 Å². The Morgan fingerprint density at radius 2 is 1.81 bits per heavy atom. The zero-order valence-corrected chi connectivity index (χ0v) is 19.5. The highest BCUT2D eigenvalue weighted by molar-refractivity contribution is 5.66. The van der Waals surface area contributed by atoms with Crippen LogP contribution in [-0.2, 0) is 23.8 Å². The number of rotatable bonds is 2. The molecule has 0 N–H and O–H groups in total. The second-order valence-corrected chi connectivity index (χ2v) is 11.4. The number of fused-ring (bicyclic) bond motifs is 7. The fourth-order valence-corrected chi connectivity index (χ4v) is 8.69. The summed E-state index contributed by atoms with van der Waals surface area (Å²) in [4.78, 5) is 23.3. The van der Waals surface area contributed by atoms with Gasteiger partial charge in [0.05, 0.1) is 12.7 Å². The van der Waals surface area contributed by atoms with E-state index in [1.165, 1.54) is 32.3 Å². The summed E-state index contributed by atoms with van der Waals surface area (Å²) in [5.74, 6) is 1.99. The largest absolute Gasteiger partial charge is 0.462 e. The quantitative estimate of drug-likeness (QED) is 0.464. The molecule has 5 aliphatic rings.